The number of ether oxygens (including phenoxy) is 2. The third-order valence-corrected chi connectivity index (χ3v) is 3.64. The predicted octanol–water partition coefficient (Wildman–Crippen LogP) is 2.87. The number of carbonyl (C=O) groups excluding carboxylic acids is 1. The smallest absolute Gasteiger partial charge is 0.237 e. The summed E-state index contributed by atoms with van der Waals surface area (Å²) in [7, 11) is 0. The lowest BCUT2D eigenvalue weighted by Crippen LogP contribution is -2.43. The third kappa shape index (κ3) is 5.76. The molecule has 0 radical (unpaired) electrons. The minimum Gasteiger partial charge on any atom is -0.494 e. The van der Waals surface area contributed by atoms with Crippen molar-refractivity contribution in [3.05, 3.63) is 48.2 Å². The van der Waals surface area contributed by atoms with Gasteiger partial charge in [0.05, 0.1) is 12.6 Å². The number of aromatic nitrogens is 1. The highest BCUT2D eigenvalue weighted by Gasteiger charge is 2.16. The van der Waals surface area contributed by atoms with E-state index in [1.807, 2.05) is 51.1 Å². The van der Waals surface area contributed by atoms with Gasteiger partial charge in [0.15, 0.2) is 0 Å². The molecule has 6 nitrogen and oxygen atoms in total. The highest BCUT2D eigenvalue weighted by atomic mass is 16.5. The first-order valence-electron chi connectivity index (χ1n) is 8.38. The fourth-order valence-corrected chi connectivity index (χ4v) is 2.12. The molecule has 0 saturated carbocycles. The molecule has 0 spiro atoms. The number of hydrogen-bond donors (Lipinski definition) is 2. The second-order valence-electron chi connectivity index (χ2n) is 6.00. The Hall–Kier alpha value is -2.60. The maximum absolute atomic E-state index is 11.9. The molecule has 1 aromatic heterocycles. The summed E-state index contributed by atoms with van der Waals surface area (Å²) < 4.78 is 11.1. The Kier molecular flexibility index (Phi) is 6.77. The molecule has 1 atom stereocenters. The lowest BCUT2D eigenvalue weighted by atomic mass is 10.1. The van der Waals surface area contributed by atoms with Gasteiger partial charge in [-0.2, -0.15) is 0 Å². The molecule has 2 rings (SSSR count). The number of nitrogens with two attached hydrogens (primary N) is 1. The number of nitrogens with zero attached hydrogens (tertiary/aromatic N) is 1. The lowest BCUT2D eigenvalue weighted by Gasteiger charge is -2.15. The Labute approximate surface area is 148 Å². The van der Waals surface area contributed by atoms with Crippen LogP contribution in [-0.2, 0) is 11.3 Å². The van der Waals surface area contributed by atoms with Gasteiger partial charge < -0.3 is 20.5 Å². The topological polar surface area (TPSA) is 86.5 Å². The summed E-state index contributed by atoms with van der Waals surface area (Å²) in [5.74, 6) is 1.85. The van der Waals surface area contributed by atoms with E-state index < -0.39 is 6.04 Å². The van der Waals surface area contributed by atoms with Crippen molar-refractivity contribution < 1.29 is 14.3 Å². The van der Waals surface area contributed by atoms with Gasteiger partial charge >= 0.3 is 0 Å². The number of carbonyl (C=O) groups is 1. The van der Waals surface area contributed by atoms with Gasteiger partial charge in [-0.1, -0.05) is 13.8 Å². The monoisotopic (exact) mass is 343 g/mol. The zero-order chi connectivity index (χ0) is 18.2. The van der Waals surface area contributed by atoms with Gasteiger partial charge in [-0.3, -0.25) is 4.79 Å². The molecular formula is C19H25N3O3. The maximum Gasteiger partial charge on any atom is 0.237 e. The SMILES string of the molecule is CCOc1ccc(Oc2cc(CNC(=O)[C@@H](N)C(C)C)ccn2)cc1. The van der Waals surface area contributed by atoms with Crippen LogP contribution in [0.3, 0.4) is 0 Å². The number of benzene rings is 1. The summed E-state index contributed by atoms with van der Waals surface area (Å²) in [5.41, 5.74) is 6.72. The van der Waals surface area contributed by atoms with Crippen LogP contribution in [-0.4, -0.2) is 23.5 Å². The molecule has 0 aliphatic carbocycles. The highest BCUT2D eigenvalue weighted by Crippen LogP contribution is 2.23. The van der Waals surface area contributed by atoms with Crippen LogP contribution >= 0.6 is 0 Å². The Morgan fingerprint density at radius 3 is 2.52 bits per heavy atom. The van der Waals surface area contributed by atoms with Crippen molar-refractivity contribution >= 4 is 5.91 Å². The van der Waals surface area contributed by atoms with E-state index >= 15 is 0 Å². The van der Waals surface area contributed by atoms with E-state index in [-0.39, 0.29) is 11.8 Å². The van der Waals surface area contributed by atoms with E-state index in [0.717, 1.165) is 11.3 Å². The van der Waals surface area contributed by atoms with Crippen LogP contribution in [0.5, 0.6) is 17.4 Å². The van der Waals surface area contributed by atoms with Crippen LogP contribution in [0, 0.1) is 5.92 Å². The first-order valence-corrected chi connectivity index (χ1v) is 8.38. The fraction of sp³-hybridized carbons (Fsp3) is 0.368. The maximum atomic E-state index is 11.9. The molecular weight excluding hydrogens is 318 g/mol. The third-order valence-electron chi connectivity index (χ3n) is 3.64. The Bertz CT molecular complexity index is 687. The standard InChI is InChI=1S/C19H25N3O3/c1-4-24-15-5-7-16(8-6-15)25-17-11-14(9-10-21-17)12-22-19(23)18(20)13(2)3/h5-11,13,18H,4,12,20H2,1-3H3,(H,22,23)/t18-/m0/s1. The number of pyridine rings is 1. The molecule has 0 aliphatic heterocycles. The molecule has 0 fully saturated rings. The van der Waals surface area contributed by atoms with Crippen LogP contribution in [0.1, 0.15) is 26.3 Å². The molecule has 1 heterocycles. The molecule has 134 valence electrons. The van der Waals surface area contributed by atoms with E-state index in [4.69, 9.17) is 15.2 Å². The van der Waals surface area contributed by atoms with Crippen molar-refractivity contribution in [3.63, 3.8) is 0 Å². The quantitative estimate of drug-likeness (QED) is 0.770. The summed E-state index contributed by atoms with van der Waals surface area (Å²) in [6.45, 7) is 6.77. The van der Waals surface area contributed by atoms with Gasteiger partial charge in [-0.05, 0) is 48.7 Å². The molecule has 0 bridgehead atoms. The molecule has 3 N–H and O–H groups in total. The summed E-state index contributed by atoms with van der Waals surface area (Å²) in [6, 6.07) is 10.4. The summed E-state index contributed by atoms with van der Waals surface area (Å²) >= 11 is 0. The second kappa shape index (κ2) is 9.03. The van der Waals surface area contributed by atoms with Gasteiger partial charge in [0.25, 0.3) is 0 Å². The van der Waals surface area contributed by atoms with Crippen LogP contribution in [0.2, 0.25) is 0 Å². The Balaban J connectivity index is 1.95. The predicted molar refractivity (Wildman–Crippen MR) is 96.6 cm³/mol. The second-order valence-corrected chi connectivity index (χ2v) is 6.00. The zero-order valence-electron chi connectivity index (χ0n) is 14.9. The molecule has 0 unspecified atom stereocenters. The van der Waals surface area contributed by atoms with Gasteiger partial charge in [0, 0.05) is 18.8 Å². The van der Waals surface area contributed by atoms with Crippen LogP contribution in [0.25, 0.3) is 0 Å². The van der Waals surface area contributed by atoms with E-state index in [1.165, 1.54) is 0 Å². The fourth-order valence-electron chi connectivity index (χ4n) is 2.12. The number of amides is 1. The van der Waals surface area contributed by atoms with Crippen molar-refractivity contribution in [2.24, 2.45) is 11.7 Å². The molecule has 1 aromatic carbocycles. The van der Waals surface area contributed by atoms with Gasteiger partial charge in [0.2, 0.25) is 11.8 Å². The Morgan fingerprint density at radius 2 is 1.88 bits per heavy atom. The molecule has 1 amide bonds. The molecule has 0 saturated heterocycles. The van der Waals surface area contributed by atoms with Crippen LogP contribution in [0.15, 0.2) is 42.6 Å². The van der Waals surface area contributed by atoms with Crippen molar-refractivity contribution in [2.75, 3.05) is 6.61 Å². The number of rotatable bonds is 8. The van der Waals surface area contributed by atoms with Crippen LogP contribution < -0.4 is 20.5 Å². The van der Waals surface area contributed by atoms with Gasteiger partial charge in [0.1, 0.15) is 11.5 Å². The van der Waals surface area contributed by atoms with Gasteiger partial charge in [-0.15, -0.1) is 0 Å². The lowest BCUT2D eigenvalue weighted by molar-refractivity contribution is -0.123. The first-order chi connectivity index (χ1) is 12.0. The van der Waals surface area contributed by atoms with Crippen molar-refractivity contribution in [3.8, 4) is 17.4 Å². The normalized spacial score (nSPS) is 11.9. The average molecular weight is 343 g/mol. The number of nitrogens with one attached hydrogen (secondary N) is 1. The van der Waals surface area contributed by atoms with Crippen molar-refractivity contribution in [1.29, 1.82) is 0 Å². The molecule has 0 aliphatic rings. The minimum atomic E-state index is -0.513. The summed E-state index contributed by atoms with van der Waals surface area (Å²) in [6.07, 6.45) is 1.65. The van der Waals surface area contributed by atoms with Crippen LogP contribution in [0.4, 0.5) is 0 Å². The van der Waals surface area contributed by atoms with E-state index in [1.54, 1.807) is 12.3 Å². The highest BCUT2D eigenvalue weighted by molar-refractivity contribution is 5.81. The average Bonchev–Trinajstić information content (AvgIpc) is 2.61. The van der Waals surface area contributed by atoms with E-state index in [9.17, 15) is 4.79 Å². The zero-order valence-corrected chi connectivity index (χ0v) is 14.9. The molecule has 25 heavy (non-hydrogen) atoms. The Morgan fingerprint density at radius 1 is 1.20 bits per heavy atom. The molecule has 2 aromatic rings. The first kappa shape index (κ1) is 18.7. The van der Waals surface area contributed by atoms with Crippen molar-refractivity contribution in [1.82, 2.24) is 10.3 Å². The minimum absolute atomic E-state index is 0.0935. The summed E-state index contributed by atoms with van der Waals surface area (Å²) in [5, 5.41) is 2.83. The van der Waals surface area contributed by atoms with Crippen molar-refractivity contribution in [2.45, 2.75) is 33.4 Å². The number of hydrogen-bond acceptors (Lipinski definition) is 5. The summed E-state index contributed by atoms with van der Waals surface area (Å²) in [4.78, 5) is 16.1. The van der Waals surface area contributed by atoms with E-state index in [0.29, 0.717) is 24.8 Å². The van der Waals surface area contributed by atoms with E-state index in [2.05, 4.69) is 10.3 Å². The largest absolute Gasteiger partial charge is 0.494 e. The molecule has 6 heteroatoms. The van der Waals surface area contributed by atoms with Gasteiger partial charge in [-0.25, -0.2) is 4.98 Å².